The van der Waals surface area contributed by atoms with Crippen molar-refractivity contribution in [3.05, 3.63) is 0 Å². The molecule has 1 aliphatic rings. The molecule has 1 rings (SSSR count). The van der Waals surface area contributed by atoms with Gasteiger partial charge in [-0.1, -0.05) is 20.8 Å². The molecule has 0 spiro atoms. The van der Waals surface area contributed by atoms with E-state index in [2.05, 4.69) is 13.8 Å². The lowest BCUT2D eigenvalue weighted by Crippen LogP contribution is -2.36. The molecule has 0 amide bonds. The van der Waals surface area contributed by atoms with Crippen molar-refractivity contribution < 1.29 is 9.90 Å². The Balaban J connectivity index is 2.98. The van der Waals surface area contributed by atoms with Crippen LogP contribution in [0.2, 0.25) is 0 Å². The van der Waals surface area contributed by atoms with Crippen LogP contribution in [0.3, 0.4) is 0 Å². The first-order valence-corrected chi connectivity index (χ1v) is 4.49. The fourth-order valence-electron chi connectivity index (χ4n) is 2.25. The monoisotopic (exact) mass is 170 g/mol. The van der Waals surface area contributed by atoms with Gasteiger partial charge in [-0.3, -0.25) is 4.79 Å². The largest absolute Gasteiger partial charge is 0.393 e. The molecule has 0 aromatic carbocycles. The van der Waals surface area contributed by atoms with Crippen LogP contribution in [0, 0.1) is 10.8 Å². The minimum atomic E-state index is -0.327. The molecule has 0 bridgehead atoms. The van der Waals surface area contributed by atoms with E-state index >= 15 is 0 Å². The Hall–Kier alpha value is -0.370. The van der Waals surface area contributed by atoms with Gasteiger partial charge in [0.15, 0.2) is 0 Å². The van der Waals surface area contributed by atoms with Gasteiger partial charge in [-0.2, -0.15) is 0 Å². The van der Waals surface area contributed by atoms with Gasteiger partial charge in [-0.15, -0.1) is 0 Å². The highest BCUT2D eigenvalue weighted by atomic mass is 16.3. The Morgan fingerprint density at radius 2 is 1.83 bits per heavy atom. The number of carbonyl (C=O) groups is 1. The van der Waals surface area contributed by atoms with Crippen LogP contribution in [-0.4, -0.2) is 17.0 Å². The van der Waals surface area contributed by atoms with Gasteiger partial charge >= 0.3 is 0 Å². The number of rotatable bonds is 1. The first kappa shape index (κ1) is 9.72. The fraction of sp³-hybridized carbons (Fsp3) is 0.900. The molecular formula is C10H18O2. The molecule has 0 radical (unpaired) electrons. The second-order valence-electron chi connectivity index (χ2n) is 4.83. The summed E-state index contributed by atoms with van der Waals surface area (Å²) < 4.78 is 0. The van der Waals surface area contributed by atoms with Crippen LogP contribution >= 0.6 is 0 Å². The maximum Gasteiger partial charge on any atom is 0.136 e. The summed E-state index contributed by atoms with van der Waals surface area (Å²) in [5, 5.41) is 9.50. The zero-order valence-electron chi connectivity index (χ0n) is 8.35. The van der Waals surface area contributed by atoms with Crippen LogP contribution in [0.25, 0.3) is 0 Å². The van der Waals surface area contributed by atoms with Crippen molar-refractivity contribution in [2.45, 2.75) is 46.6 Å². The van der Waals surface area contributed by atoms with E-state index < -0.39 is 0 Å². The predicted molar refractivity (Wildman–Crippen MR) is 47.8 cm³/mol. The molecule has 0 aliphatic heterocycles. The smallest absolute Gasteiger partial charge is 0.136 e. The van der Waals surface area contributed by atoms with Gasteiger partial charge in [0.2, 0.25) is 0 Å². The molecular weight excluding hydrogens is 152 g/mol. The van der Waals surface area contributed by atoms with Crippen LogP contribution in [0.5, 0.6) is 0 Å². The fourth-order valence-corrected chi connectivity index (χ4v) is 2.25. The quantitative estimate of drug-likeness (QED) is 0.651. The third-order valence-electron chi connectivity index (χ3n) is 3.66. The van der Waals surface area contributed by atoms with Gasteiger partial charge in [-0.05, 0) is 25.2 Å². The number of carbonyl (C=O) groups excluding carboxylic acids is 1. The molecule has 70 valence electrons. The van der Waals surface area contributed by atoms with Crippen LogP contribution < -0.4 is 0 Å². The summed E-state index contributed by atoms with van der Waals surface area (Å²) in [7, 11) is 0. The summed E-state index contributed by atoms with van der Waals surface area (Å²) in [6.45, 7) is 7.71. The standard InChI is InChI=1S/C10H18O2/c1-7(11)10(4)6-8(12)5-9(10,2)3/h8,12H,5-6H2,1-4H3/t8-,10-/m0/s1. The third kappa shape index (κ3) is 1.18. The average Bonchev–Trinajstić information content (AvgIpc) is 2.02. The maximum atomic E-state index is 11.4. The number of aliphatic hydroxyl groups is 1. The van der Waals surface area contributed by atoms with Gasteiger partial charge < -0.3 is 5.11 Å². The van der Waals surface area contributed by atoms with Crippen molar-refractivity contribution in [2.75, 3.05) is 0 Å². The molecule has 0 aromatic heterocycles. The molecule has 1 fully saturated rings. The zero-order valence-corrected chi connectivity index (χ0v) is 8.35. The van der Waals surface area contributed by atoms with Crippen LogP contribution in [0.1, 0.15) is 40.5 Å². The van der Waals surface area contributed by atoms with E-state index in [0.29, 0.717) is 6.42 Å². The highest BCUT2D eigenvalue weighted by molar-refractivity contribution is 5.83. The second kappa shape index (κ2) is 2.56. The van der Waals surface area contributed by atoms with Crippen LogP contribution in [0.4, 0.5) is 0 Å². The molecule has 0 aromatic rings. The molecule has 12 heavy (non-hydrogen) atoms. The first-order valence-electron chi connectivity index (χ1n) is 4.49. The number of hydrogen-bond donors (Lipinski definition) is 1. The van der Waals surface area contributed by atoms with Crippen molar-refractivity contribution in [1.82, 2.24) is 0 Å². The Kier molecular flexibility index (Phi) is 2.07. The number of ketones is 1. The van der Waals surface area contributed by atoms with E-state index in [1.54, 1.807) is 6.92 Å². The highest BCUT2D eigenvalue weighted by Crippen LogP contribution is 2.52. The minimum Gasteiger partial charge on any atom is -0.393 e. The normalized spacial score (nSPS) is 39.9. The Bertz CT molecular complexity index is 208. The number of hydrogen-bond acceptors (Lipinski definition) is 2. The van der Waals surface area contributed by atoms with Gasteiger partial charge in [0.25, 0.3) is 0 Å². The van der Waals surface area contributed by atoms with Crippen LogP contribution in [-0.2, 0) is 4.79 Å². The molecule has 1 aliphatic carbocycles. The van der Waals surface area contributed by atoms with Gasteiger partial charge in [0.1, 0.15) is 5.78 Å². The van der Waals surface area contributed by atoms with Crippen molar-refractivity contribution in [3.8, 4) is 0 Å². The van der Waals surface area contributed by atoms with Crippen molar-refractivity contribution in [3.63, 3.8) is 0 Å². The summed E-state index contributed by atoms with van der Waals surface area (Å²) in [6, 6.07) is 0. The summed E-state index contributed by atoms with van der Waals surface area (Å²) in [5.41, 5.74) is -0.384. The highest BCUT2D eigenvalue weighted by Gasteiger charge is 2.51. The third-order valence-corrected chi connectivity index (χ3v) is 3.66. The van der Waals surface area contributed by atoms with E-state index in [0.717, 1.165) is 6.42 Å². The summed E-state index contributed by atoms with van der Waals surface area (Å²) in [5.74, 6) is 0.198. The number of Topliss-reactive ketones (excluding diaryl/α,β-unsaturated/α-hetero) is 1. The lowest BCUT2D eigenvalue weighted by Gasteiger charge is -2.35. The second-order valence-corrected chi connectivity index (χ2v) is 4.83. The van der Waals surface area contributed by atoms with E-state index in [9.17, 15) is 9.90 Å². The molecule has 0 heterocycles. The summed E-state index contributed by atoms with van der Waals surface area (Å²) in [4.78, 5) is 11.4. The van der Waals surface area contributed by atoms with E-state index in [-0.39, 0.29) is 22.7 Å². The lowest BCUT2D eigenvalue weighted by molar-refractivity contribution is -0.130. The molecule has 1 saturated carbocycles. The molecule has 2 nitrogen and oxygen atoms in total. The lowest BCUT2D eigenvalue weighted by atomic mass is 9.67. The van der Waals surface area contributed by atoms with Crippen molar-refractivity contribution in [2.24, 2.45) is 10.8 Å². The molecule has 2 heteroatoms. The Labute approximate surface area is 74.0 Å². The van der Waals surface area contributed by atoms with Crippen LogP contribution in [0.15, 0.2) is 0 Å². The molecule has 0 unspecified atom stereocenters. The Morgan fingerprint density at radius 3 is 2.00 bits per heavy atom. The predicted octanol–water partition coefficient (Wildman–Crippen LogP) is 1.76. The SMILES string of the molecule is CC(=O)[C@]1(C)C[C@@H](O)CC1(C)C. The summed E-state index contributed by atoms with van der Waals surface area (Å²) in [6.07, 6.45) is 1.06. The van der Waals surface area contributed by atoms with E-state index in [4.69, 9.17) is 0 Å². The van der Waals surface area contributed by atoms with E-state index in [1.807, 2.05) is 6.92 Å². The summed E-state index contributed by atoms with van der Waals surface area (Å²) >= 11 is 0. The Morgan fingerprint density at radius 1 is 1.33 bits per heavy atom. The van der Waals surface area contributed by atoms with Crippen molar-refractivity contribution >= 4 is 5.78 Å². The zero-order chi connectivity index (χ0) is 9.57. The molecule has 0 saturated heterocycles. The molecule has 1 N–H and O–H groups in total. The molecule has 2 atom stereocenters. The van der Waals surface area contributed by atoms with E-state index in [1.165, 1.54) is 0 Å². The minimum absolute atomic E-state index is 0.0573. The average molecular weight is 170 g/mol. The number of aliphatic hydroxyl groups excluding tert-OH is 1. The maximum absolute atomic E-state index is 11.4. The van der Waals surface area contributed by atoms with Gasteiger partial charge in [-0.25, -0.2) is 0 Å². The van der Waals surface area contributed by atoms with Gasteiger partial charge in [0.05, 0.1) is 6.10 Å². The van der Waals surface area contributed by atoms with Gasteiger partial charge in [0, 0.05) is 5.41 Å². The van der Waals surface area contributed by atoms with Crippen molar-refractivity contribution in [1.29, 1.82) is 0 Å². The first-order chi connectivity index (χ1) is 5.29. The topological polar surface area (TPSA) is 37.3 Å².